The van der Waals surface area contributed by atoms with Crippen molar-refractivity contribution in [3.63, 3.8) is 0 Å². The molecule has 1 unspecified atom stereocenters. The molecule has 0 aliphatic heterocycles. The summed E-state index contributed by atoms with van der Waals surface area (Å²) in [5.74, 6) is 0.0689. The van der Waals surface area contributed by atoms with Crippen molar-refractivity contribution in [1.82, 2.24) is 4.90 Å². The Bertz CT molecular complexity index is 403. The second-order valence-electron chi connectivity index (χ2n) is 4.86. The minimum absolute atomic E-state index is 0.0689. The van der Waals surface area contributed by atoms with Gasteiger partial charge in [0.05, 0.1) is 6.61 Å². The van der Waals surface area contributed by atoms with Crippen LogP contribution < -0.4 is 5.32 Å². The molecule has 1 aromatic carbocycles. The molecule has 4 heteroatoms. The molecule has 1 N–H and O–H groups in total. The third kappa shape index (κ3) is 4.53. The van der Waals surface area contributed by atoms with Gasteiger partial charge in [0.2, 0.25) is 0 Å². The van der Waals surface area contributed by atoms with Crippen LogP contribution in [0.15, 0.2) is 24.3 Å². The highest BCUT2D eigenvalue weighted by atomic mass is 16.5. The summed E-state index contributed by atoms with van der Waals surface area (Å²) in [5.41, 5.74) is 1.76. The summed E-state index contributed by atoms with van der Waals surface area (Å²) in [6.07, 6.45) is 0.935. The fourth-order valence-corrected chi connectivity index (χ4v) is 2.03. The Hall–Kier alpha value is -1.55. The Kier molecular flexibility index (Phi) is 7.09. The van der Waals surface area contributed by atoms with Crippen LogP contribution in [-0.4, -0.2) is 43.7 Å². The molecule has 4 nitrogen and oxygen atoms in total. The van der Waals surface area contributed by atoms with Gasteiger partial charge in [0.15, 0.2) is 0 Å². The number of methoxy groups -OCH3 is 1. The fourth-order valence-electron chi connectivity index (χ4n) is 2.03. The van der Waals surface area contributed by atoms with Crippen LogP contribution in [0.3, 0.4) is 0 Å². The van der Waals surface area contributed by atoms with E-state index in [0.717, 1.165) is 24.2 Å². The van der Waals surface area contributed by atoms with Gasteiger partial charge in [-0.25, -0.2) is 0 Å². The zero-order valence-electron chi connectivity index (χ0n) is 13.0. The number of nitrogens with zero attached hydrogens (tertiary/aromatic N) is 1. The molecule has 1 aromatic rings. The maximum absolute atomic E-state index is 12.6. The van der Waals surface area contributed by atoms with Crippen LogP contribution in [0.25, 0.3) is 0 Å². The van der Waals surface area contributed by atoms with Crippen molar-refractivity contribution >= 4 is 11.6 Å². The van der Waals surface area contributed by atoms with Crippen molar-refractivity contribution in [3.8, 4) is 0 Å². The zero-order chi connectivity index (χ0) is 15.0. The van der Waals surface area contributed by atoms with Gasteiger partial charge in [-0.3, -0.25) is 4.79 Å². The normalized spacial score (nSPS) is 12.0. The summed E-state index contributed by atoms with van der Waals surface area (Å²) >= 11 is 0. The maximum atomic E-state index is 12.6. The molecular weight excluding hydrogens is 252 g/mol. The van der Waals surface area contributed by atoms with Gasteiger partial charge in [-0.2, -0.15) is 0 Å². The molecule has 0 radical (unpaired) electrons. The number of amides is 1. The first-order valence-corrected chi connectivity index (χ1v) is 7.27. The smallest absolute Gasteiger partial charge is 0.254 e. The molecule has 0 saturated carbocycles. The van der Waals surface area contributed by atoms with Gasteiger partial charge in [0.1, 0.15) is 0 Å². The molecular formula is C16H26N2O2. The Morgan fingerprint density at radius 2 is 1.95 bits per heavy atom. The average molecular weight is 278 g/mol. The number of hydrogen-bond acceptors (Lipinski definition) is 3. The predicted molar refractivity (Wildman–Crippen MR) is 83.3 cm³/mol. The monoisotopic (exact) mass is 278 g/mol. The minimum atomic E-state index is 0.0689. The number of hydrogen-bond donors (Lipinski definition) is 1. The molecule has 0 heterocycles. The molecule has 1 rings (SSSR count). The third-order valence-electron chi connectivity index (χ3n) is 3.43. The minimum Gasteiger partial charge on any atom is -0.385 e. The van der Waals surface area contributed by atoms with Gasteiger partial charge in [-0.15, -0.1) is 0 Å². The van der Waals surface area contributed by atoms with E-state index in [1.54, 1.807) is 7.11 Å². The SMILES string of the molecule is CCNc1ccc(C(=O)N(CCOC)C(C)CC)cc1. The van der Waals surface area contributed by atoms with E-state index >= 15 is 0 Å². The third-order valence-corrected chi connectivity index (χ3v) is 3.43. The highest BCUT2D eigenvalue weighted by Crippen LogP contribution is 2.14. The summed E-state index contributed by atoms with van der Waals surface area (Å²) in [6, 6.07) is 7.86. The average Bonchev–Trinajstić information content (AvgIpc) is 2.48. The van der Waals surface area contributed by atoms with Crippen molar-refractivity contribution in [2.75, 3.05) is 32.1 Å². The number of rotatable bonds is 8. The first kappa shape index (κ1) is 16.5. The Morgan fingerprint density at radius 1 is 1.30 bits per heavy atom. The van der Waals surface area contributed by atoms with Crippen molar-refractivity contribution in [2.45, 2.75) is 33.2 Å². The lowest BCUT2D eigenvalue weighted by atomic mass is 10.1. The van der Waals surface area contributed by atoms with Gasteiger partial charge < -0.3 is 15.0 Å². The lowest BCUT2D eigenvalue weighted by Gasteiger charge is -2.28. The highest BCUT2D eigenvalue weighted by molar-refractivity contribution is 5.94. The van der Waals surface area contributed by atoms with Crippen molar-refractivity contribution in [3.05, 3.63) is 29.8 Å². The number of nitrogens with one attached hydrogen (secondary N) is 1. The Labute approximate surface area is 122 Å². The molecule has 0 fully saturated rings. The molecule has 1 atom stereocenters. The molecule has 0 aliphatic carbocycles. The predicted octanol–water partition coefficient (Wildman–Crippen LogP) is 3.01. The number of carbonyl (C=O) groups excluding carboxylic acids is 1. The van der Waals surface area contributed by atoms with E-state index in [1.165, 1.54) is 0 Å². The van der Waals surface area contributed by atoms with Gasteiger partial charge >= 0.3 is 0 Å². The Balaban J connectivity index is 2.82. The number of ether oxygens (including phenoxy) is 1. The van der Waals surface area contributed by atoms with E-state index in [-0.39, 0.29) is 11.9 Å². The van der Waals surface area contributed by atoms with E-state index < -0.39 is 0 Å². The summed E-state index contributed by atoms with van der Waals surface area (Å²) in [7, 11) is 1.66. The standard InChI is InChI=1S/C16H26N2O2/c1-5-13(3)18(11-12-20-4)16(19)14-7-9-15(10-8-14)17-6-2/h7-10,13,17H,5-6,11-12H2,1-4H3. The first-order valence-electron chi connectivity index (χ1n) is 7.27. The summed E-state index contributed by atoms with van der Waals surface area (Å²) in [4.78, 5) is 14.5. The van der Waals surface area contributed by atoms with E-state index in [9.17, 15) is 4.79 Å². The van der Waals surface area contributed by atoms with Crippen LogP contribution in [-0.2, 0) is 4.74 Å². The van der Waals surface area contributed by atoms with Crippen LogP contribution >= 0.6 is 0 Å². The Morgan fingerprint density at radius 3 is 2.45 bits per heavy atom. The van der Waals surface area contributed by atoms with E-state index in [2.05, 4.69) is 26.1 Å². The molecule has 112 valence electrons. The summed E-state index contributed by atoms with van der Waals surface area (Å²) in [5, 5.41) is 3.23. The van der Waals surface area contributed by atoms with Crippen LogP contribution in [0, 0.1) is 0 Å². The molecule has 0 bridgehead atoms. The van der Waals surface area contributed by atoms with Crippen molar-refractivity contribution in [1.29, 1.82) is 0 Å². The first-order chi connectivity index (χ1) is 9.63. The quantitative estimate of drug-likeness (QED) is 0.795. The molecule has 0 aromatic heterocycles. The lowest BCUT2D eigenvalue weighted by Crippen LogP contribution is -2.40. The number of benzene rings is 1. The second kappa shape index (κ2) is 8.59. The lowest BCUT2D eigenvalue weighted by molar-refractivity contribution is 0.0614. The number of anilines is 1. The summed E-state index contributed by atoms with van der Waals surface area (Å²) in [6.45, 7) is 8.27. The maximum Gasteiger partial charge on any atom is 0.254 e. The van der Waals surface area contributed by atoms with Gasteiger partial charge in [-0.05, 0) is 44.5 Å². The van der Waals surface area contributed by atoms with E-state index in [1.807, 2.05) is 29.2 Å². The second-order valence-corrected chi connectivity index (χ2v) is 4.86. The van der Waals surface area contributed by atoms with E-state index in [4.69, 9.17) is 4.74 Å². The largest absolute Gasteiger partial charge is 0.385 e. The zero-order valence-corrected chi connectivity index (χ0v) is 13.0. The molecule has 0 saturated heterocycles. The van der Waals surface area contributed by atoms with Crippen molar-refractivity contribution in [2.24, 2.45) is 0 Å². The van der Waals surface area contributed by atoms with Crippen LogP contribution in [0.4, 0.5) is 5.69 Å². The molecule has 0 aliphatic rings. The fraction of sp³-hybridized carbons (Fsp3) is 0.562. The molecule has 20 heavy (non-hydrogen) atoms. The van der Waals surface area contributed by atoms with Gasteiger partial charge in [-0.1, -0.05) is 6.92 Å². The van der Waals surface area contributed by atoms with Crippen molar-refractivity contribution < 1.29 is 9.53 Å². The topological polar surface area (TPSA) is 41.6 Å². The highest BCUT2D eigenvalue weighted by Gasteiger charge is 2.19. The summed E-state index contributed by atoms with van der Waals surface area (Å²) < 4.78 is 5.10. The van der Waals surface area contributed by atoms with Crippen LogP contribution in [0.5, 0.6) is 0 Å². The molecule has 1 amide bonds. The van der Waals surface area contributed by atoms with Crippen LogP contribution in [0.2, 0.25) is 0 Å². The van der Waals surface area contributed by atoms with E-state index in [0.29, 0.717) is 13.2 Å². The van der Waals surface area contributed by atoms with Gasteiger partial charge in [0, 0.05) is 37.5 Å². The van der Waals surface area contributed by atoms with Gasteiger partial charge in [0.25, 0.3) is 5.91 Å². The van der Waals surface area contributed by atoms with Crippen LogP contribution in [0.1, 0.15) is 37.6 Å². The molecule has 0 spiro atoms. The number of carbonyl (C=O) groups is 1.